The second-order valence-electron chi connectivity index (χ2n) is 7.09. The molecule has 7 heteroatoms. The zero-order valence-electron chi connectivity index (χ0n) is 16.0. The van der Waals surface area contributed by atoms with Gasteiger partial charge in [0.25, 0.3) is 0 Å². The Hall–Kier alpha value is -1.86. The van der Waals surface area contributed by atoms with E-state index < -0.39 is 10.0 Å². The van der Waals surface area contributed by atoms with Crippen LogP contribution in [0.4, 0.5) is 0 Å². The predicted molar refractivity (Wildman–Crippen MR) is 109 cm³/mol. The number of guanidine groups is 1. The van der Waals surface area contributed by atoms with Gasteiger partial charge in [0.05, 0.1) is 11.4 Å². The summed E-state index contributed by atoms with van der Waals surface area (Å²) in [6.45, 7) is 4.51. The van der Waals surface area contributed by atoms with E-state index in [-0.39, 0.29) is 0 Å². The second-order valence-corrected chi connectivity index (χ2v) is 9.03. The van der Waals surface area contributed by atoms with Gasteiger partial charge in [0.1, 0.15) is 0 Å². The summed E-state index contributed by atoms with van der Waals surface area (Å²) >= 11 is 0. The lowest BCUT2D eigenvalue weighted by Gasteiger charge is -2.26. The third kappa shape index (κ3) is 5.32. The van der Waals surface area contributed by atoms with Crippen LogP contribution < -0.4 is 10.6 Å². The van der Waals surface area contributed by atoms with Crippen LogP contribution in [0.25, 0.3) is 0 Å². The highest BCUT2D eigenvalue weighted by atomic mass is 32.2. The Morgan fingerprint density at radius 3 is 2.63 bits per heavy atom. The Morgan fingerprint density at radius 2 is 1.93 bits per heavy atom. The molecule has 2 N–H and O–H groups in total. The Balaban J connectivity index is 1.70. The smallest absolute Gasteiger partial charge is 0.243 e. The maximum Gasteiger partial charge on any atom is 0.243 e. The van der Waals surface area contributed by atoms with Gasteiger partial charge in [0.15, 0.2) is 5.96 Å². The van der Waals surface area contributed by atoms with Gasteiger partial charge < -0.3 is 10.6 Å². The van der Waals surface area contributed by atoms with E-state index in [0.29, 0.717) is 30.6 Å². The van der Waals surface area contributed by atoms with E-state index in [4.69, 9.17) is 0 Å². The first-order chi connectivity index (χ1) is 13.1. The normalized spacial score (nSPS) is 19.4. The molecule has 148 valence electrons. The summed E-state index contributed by atoms with van der Waals surface area (Å²) < 4.78 is 27.3. The molecule has 0 spiro atoms. The topological polar surface area (TPSA) is 73.8 Å². The third-order valence-corrected chi connectivity index (χ3v) is 6.86. The predicted octanol–water partition coefficient (Wildman–Crippen LogP) is 2.63. The van der Waals surface area contributed by atoms with Crippen LogP contribution in [0.15, 0.2) is 46.3 Å². The molecule has 0 amide bonds. The molecule has 0 bridgehead atoms. The lowest BCUT2D eigenvalue weighted by atomic mass is 10.2. The standard InChI is InChI=1S/C20H30N4O2S/c1-2-21-20(23-18-10-4-5-11-18)22-16-17-9-8-12-19(15-17)27(25,26)24-13-6-3-7-14-24/h4-5,8-9,12,15,18H,2-3,6-7,10-11,13-14,16H2,1H3,(H2,21,22,23). The van der Waals surface area contributed by atoms with E-state index >= 15 is 0 Å². The molecular formula is C20H30N4O2S. The molecule has 3 rings (SSSR count). The van der Waals surface area contributed by atoms with Crippen LogP contribution in [0, 0.1) is 0 Å². The van der Waals surface area contributed by atoms with Crippen LogP contribution in [0.5, 0.6) is 0 Å². The molecule has 1 fully saturated rings. The quantitative estimate of drug-likeness (QED) is 0.445. The van der Waals surface area contributed by atoms with Gasteiger partial charge in [-0.15, -0.1) is 0 Å². The second kappa shape index (κ2) is 9.37. The molecule has 1 aromatic carbocycles. The van der Waals surface area contributed by atoms with Crippen LogP contribution in [-0.2, 0) is 16.6 Å². The summed E-state index contributed by atoms with van der Waals surface area (Å²) in [4.78, 5) is 5.01. The average molecular weight is 391 g/mol. The molecule has 0 atom stereocenters. The van der Waals surface area contributed by atoms with Gasteiger partial charge in [0.2, 0.25) is 10.0 Å². The van der Waals surface area contributed by atoms with Crippen molar-refractivity contribution in [1.82, 2.24) is 14.9 Å². The number of aliphatic imine (C=N–C) groups is 1. The van der Waals surface area contributed by atoms with Gasteiger partial charge >= 0.3 is 0 Å². The van der Waals surface area contributed by atoms with E-state index in [1.807, 2.05) is 19.1 Å². The minimum absolute atomic E-state index is 0.370. The number of rotatable bonds is 6. The van der Waals surface area contributed by atoms with E-state index in [0.717, 1.165) is 50.2 Å². The number of nitrogens with zero attached hydrogens (tertiary/aromatic N) is 2. The van der Waals surface area contributed by atoms with Gasteiger partial charge in [-0.2, -0.15) is 4.31 Å². The molecule has 1 aliphatic heterocycles. The van der Waals surface area contributed by atoms with Crippen molar-refractivity contribution < 1.29 is 8.42 Å². The molecule has 1 aliphatic carbocycles. The first-order valence-electron chi connectivity index (χ1n) is 9.88. The van der Waals surface area contributed by atoms with Crippen molar-refractivity contribution in [3.05, 3.63) is 42.0 Å². The van der Waals surface area contributed by atoms with Crippen molar-refractivity contribution in [3.63, 3.8) is 0 Å². The SMILES string of the molecule is CCNC(=NCc1cccc(S(=O)(=O)N2CCCCC2)c1)NC1CC=CC1. The highest BCUT2D eigenvalue weighted by Gasteiger charge is 2.25. The number of benzene rings is 1. The van der Waals surface area contributed by atoms with Gasteiger partial charge in [-0.3, -0.25) is 0 Å². The van der Waals surface area contributed by atoms with Crippen molar-refractivity contribution in [2.45, 2.75) is 56.5 Å². The van der Waals surface area contributed by atoms with Crippen molar-refractivity contribution in [1.29, 1.82) is 0 Å². The molecule has 0 saturated carbocycles. The number of piperidine rings is 1. The summed E-state index contributed by atoms with van der Waals surface area (Å²) in [5.74, 6) is 0.774. The van der Waals surface area contributed by atoms with Crippen LogP contribution in [0.3, 0.4) is 0 Å². The number of sulfonamides is 1. The van der Waals surface area contributed by atoms with Crippen molar-refractivity contribution >= 4 is 16.0 Å². The summed E-state index contributed by atoms with van der Waals surface area (Å²) in [7, 11) is -3.41. The summed E-state index contributed by atoms with van der Waals surface area (Å²) in [6.07, 6.45) is 9.36. The monoisotopic (exact) mass is 390 g/mol. The van der Waals surface area contributed by atoms with E-state index in [9.17, 15) is 8.42 Å². The summed E-state index contributed by atoms with van der Waals surface area (Å²) in [6, 6.07) is 7.56. The van der Waals surface area contributed by atoms with Crippen molar-refractivity contribution in [2.75, 3.05) is 19.6 Å². The average Bonchev–Trinajstić information content (AvgIpc) is 3.20. The fraction of sp³-hybridized carbons (Fsp3) is 0.550. The Bertz CT molecular complexity index is 775. The fourth-order valence-electron chi connectivity index (χ4n) is 3.48. The van der Waals surface area contributed by atoms with Gasteiger partial charge in [-0.1, -0.05) is 30.7 Å². The van der Waals surface area contributed by atoms with Crippen LogP contribution in [0.1, 0.15) is 44.6 Å². The number of hydrogen-bond acceptors (Lipinski definition) is 3. The van der Waals surface area contributed by atoms with E-state index in [1.54, 1.807) is 16.4 Å². The molecule has 0 aromatic heterocycles. The van der Waals surface area contributed by atoms with Crippen molar-refractivity contribution in [3.8, 4) is 0 Å². The third-order valence-electron chi connectivity index (χ3n) is 4.96. The first-order valence-corrected chi connectivity index (χ1v) is 11.3. The number of hydrogen-bond donors (Lipinski definition) is 2. The maximum atomic E-state index is 12.9. The van der Waals surface area contributed by atoms with Gasteiger partial charge in [0, 0.05) is 25.7 Å². The van der Waals surface area contributed by atoms with Gasteiger partial charge in [-0.05, 0) is 50.3 Å². The lowest BCUT2D eigenvalue weighted by Crippen LogP contribution is -2.42. The molecule has 1 aromatic rings. The van der Waals surface area contributed by atoms with Crippen LogP contribution in [-0.4, -0.2) is 44.4 Å². The van der Waals surface area contributed by atoms with Gasteiger partial charge in [-0.25, -0.2) is 13.4 Å². The molecule has 1 saturated heterocycles. The Morgan fingerprint density at radius 1 is 1.19 bits per heavy atom. The van der Waals surface area contributed by atoms with Crippen LogP contribution >= 0.6 is 0 Å². The summed E-state index contributed by atoms with van der Waals surface area (Å²) in [5, 5.41) is 6.69. The fourth-order valence-corrected chi connectivity index (χ4v) is 5.07. The molecule has 27 heavy (non-hydrogen) atoms. The molecule has 2 aliphatic rings. The van der Waals surface area contributed by atoms with E-state index in [2.05, 4.69) is 27.8 Å². The molecule has 0 unspecified atom stereocenters. The minimum atomic E-state index is -3.41. The highest BCUT2D eigenvalue weighted by Crippen LogP contribution is 2.21. The molecular weight excluding hydrogens is 360 g/mol. The summed E-state index contributed by atoms with van der Waals surface area (Å²) in [5.41, 5.74) is 0.898. The molecule has 0 radical (unpaired) electrons. The molecule has 1 heterocycles. The highest BCUT2D eigenvalue weighted by molar-refractivity contribution is 7.89. The Kier molecular flexibility index (Phi) is 6.90. The molecule has 6 nitrogen and oxygen atoms in total. The van der Waals surface area contributed by atoms with Crippen molar-refractivity contribution in [2.24, 2.45) is 4.99 Å². The zero-order chi connectivity index (χ0) is 19.1. The number of nitrogens with one attached hydrogen (secondary N) is 2. The lowest BCUT2D eigenvalue weighted by molar-refractivity contribution is 0.346. The maximum absolute atomic E-state index is 12.9. The first kappa shape index (κ1) is 19.9. The minimum Gasteiger partial charge on any atom is -0.357 e. The Labute approximate surface area is 162 Å². The van der Waals surface area contributed by atoms with Crippen LogP contribution in [0.2, 0.25) is 0 Å². The van der Waals surface area contributed by atoms with E-state index in [1.165, 1.54) is 0 Å². The zero-order valence-corrected chi connectivity index (χ0v) is 16.8. The largest absolute Gasteiger partial charge is 0.357 e.